The molecule has 19 heavy (non-hydrogen) atoms. The normalized spacial score (nSPS) is 11.1. The lowest BCUT2D eigenvalue weighted by Gasteiger charge is -2.04. The van der Waals surface area contributed by atoms with Crippen molar-refractivity contribution in [3.63, 3.8) is 0 Å². The minimum absolute atomic E-state index is 0.0234. The molecule has 0 atom stereocenters. The molecule has 0 bridgehead atoms. The van der Waals surface area contributed by atoms with Crippen molar-refractivity contribution in [2.45, 2.75) is 71.1 Å². The van der Waals surface area contributed by atoms with Crippen LogP contribution in [0.25, 0.3) is 0 Å². The van der Waals surface area contributed by atoms with E-state index in [0.29, 0.717) is 13.0 Å². The molecule has 0 aliphatic carbocycles. The topological polar surface area (TPSA) is 26.3 Å². The first-order valence-electron chi connectivity index (χ1n) is 7.67. The number of hydrogen-bond acceptors (Lipinski definition) is 2. The van der Waals surface area contributed by atoms with Crippen LogP contribution in [-0.2, 0) is 9.53 Å². The SMILES string of the molecule is CC/C=C\CCCCCOC(=O)CCCCCCBr. The second-order valence-corrected chi connectivity index (χ2v) is 5.60. The van der Waals surface area contributed by atoms with E-state index in [2.05, 4.69) is 35.0 Å². The molecule has 0 aromatic rings. The van der Waals surface area contributed by atoms with E-state index in [9.17, 15) is 4.79 Å². The van der Waals surface area contributed by atoms with Crippen LogP contribution in [0.3, 0.4) is 0 Å². The quantitative estimate of drug-likeness (QED) is 0.195. The molecule has 0 unspecified atom stereocenters. The van der Waals surface area contributed by atoms with Gasteiger partial charge in [0, 0.05) is 11.8 Å². The third-order valence-corrected chi connectivity index (χ3v) is 3.51. The predicted octanol–water partition coefficient (Wildman–Crippen LogP) is 5.40. The highest BCUT2D eigenvalue weighted by Gasteiger charge is 2.01. The predicted molar refractivity (Wildman–Crippen MR) is 85.7 cm³/mol. The molecule has 112 valence electrons. The number of carbonyl (C=O) groups excluding carboxylic acids is 1. The Bertz CT molecular complexity index is 227. The van der Waals surface area contributed by atoms with E-state index < -0.39 is 0 Å². The standard InChI is InChI=1S/C16H29BrO2/c1-2-3-4-5-6-9-12-15-19-16(18)13-10-7-8-11-14-17/h3-4H,2,5-15H2,1H3/b4-3-. The third-order valence-electron chi connectivity index (χ3n) is 2.95. The van der Waals surface area contributed by atoms with Crippen molar-refractivity contribution >= 4 is 21.9 Å². The van der Waals surface area contributed by atoms with Crippen LogP contribution in [0.5, 0.6) is 0 Å². The number of allylic oxidation sites excluding steroid dienone is 2. The summed E-state index contributed by atoms with van der Waals surface area (Å²) in [5, 5.41) is 1.06. The van der Waals surface area contributed by atoms with Gasteiger partial charge in [0.25, 0.3) is 0 Å². The Morgan fingerprint density at radius 3 is 2.47 bits per heavy atom. The van der Waals surface area contributed by atoms with Crippen molar-refractivity contribution in [3.8, 4) is 0 Å². The minimum atomic E-state index is -0.0234. The van der Waals surface area contributed by atoms with Crippen molar-refractivity contribution < 1.29 is 9.53 Å². The molecule has 0 radical (unpaired) electrons. The van der Waals surface area contributed by atoms with Crippen LogP contribution in [0.1, 0.15) is 71.1 Å². The summed E-state index contributed by atoms with van der Waals surface area (Å²) in [6.07, 6.45) is 15.1. The number of rotatable bonds is 13. The Labute approximate surface area is 127 Å². The van der Waals surface area contributed by atoms with Crippen molar-refractivity contribution in [2.24, 2.45) is 0 Å². The second kappa shape index (κ2) is 15.7. The Kier molecular flexibility index (Phi) is 15.5. The molecule has 0 fully saturated rings. The van der Waals surface area contributed by atoms with Gasteiger partial charge < -0.3 is 4.74 Å². The largest absolute Gasteiger partial charge is 0.466 e. The number of carbonyl (C=O) groups is 1. The van der Waals surface area contributed by atoms with Gasteiger partial charge in [-0.1, -0.05) is 47.8 Å². The lowest BCUT2D eigenvalue weighted by atomic mass is 10.1. The zero-order chi connectivity index (χ0) is 14.2. The molecule has 2 nitrogen and oxygen atoms in total. The third kappa shape index (κ3) is 15.6. The Morgan fingerprint density at radius 1 is 1.00 bits per heavy atom. The highest BCUT2D eigenvalue weighted by Crippen LogP contribution is 2.06. The lowest BCUT2D eigenvalue weighted by Crippen LogP contribution is -2.05. The minimum Gasteiger partial charge on any atom is -0.466 e. The van der Waals surface area contributed by atoms with Crippen molar-refractivity contribution in [2.75, 3.05) is 11.9 Å². The van der Waals surface area contributed by atoms with E-state index in [1.165, 1.54) is 19.3 Å². The molecule has 0 aliphatic heterocycles. The number of alkyl halides is 1. The van der Waals surface area contributed by atoms with Gasteiger partial charge in [0.15, 0.2) is 0 Å². The van der Waals surface area contributed by atoms with Gasteiger partial charge in [-0.25, -0.2) is 0 Å². The van der Waals surface area contributed by atoms with E-state index in [-0.39, 0.29) is 5.97 Å². The summed E-state index contributed by atoms with van der Waals surface area (Å²) in [6, 6.07) is 0. The van der Waals surface area contributed by atoms with Crippen LogP contribution in [0.15, 0.2) is 12.2 Å². The molecule has 0 saturated heterocycles. The van der Waals surface area contributed by atoms with Gasteiger partial charge in [-0.15, -0.1) is 0 Å². The van der Waals surface area contributed by atoms with Crippen LogP contribution >= 0.6 is 15.9 Å². The average Bonchev–Trinajstić information content (AvgIpc) is 2.41. The van der Waals surface area contributed by atoms with Gasteiger partial charge in [0.2, 0.25) is 0 Å². The Balaban J connectivity index is 3.18. The molecular weight excluding hydrogens is 304 g/mol. The van der Waals surface area contributed by atoms with Gasteiger partial charge in [-0.05, 0) is 44.9 Å². The highest BCUT2D eigenvalue weighted by atomic mass is 79.9. The summed E-state index contributed by atoms with van der Waals surface area (Å²) in [5.41, 5.74) is 0. The van der Waals surface area contributed by atoms with Gasteiger partial charge in [0.1, 0.15) is 0 Å². The Hall–Kier alpha value is -0.310. The smallest absolute Gasteiger partial charge is 0.305 e. The highest BCUT2D eigenvalue weighted by molar-refractivity contribution is 9.09. The molecular formula is C16H29BrO2. The van der Waals surface area contributed by atoms with Crippen molar-refractivity contribution in [1.29, 1.82) is 0 Å². The first-order chi connectivity index (χ1) is 9.31. The number of unbranched alkanes of at least 4 members (excludes halogenated alkanes) is 6. The van der Waals surface area contributed by atoms with E-state index in [0.717, 1.165) is 43.9 Å². The van der Waals surface area contributed by atoms with Crippen molar-refractivity contribution in [1.82, 2.24) is 0 Å². The molecule has 3 heteroatoms. The first kappa shape index (κ1) is 18.7. The summed E-state index contributed by atoms with van der Waals surface area (Å²) in [7, 11) is 0. The zero-order valence-corrected chi connectivity index (χ0v) is 13.9. The van der Waals surface area contributed by atoms with Crippen LogP contribution < -0.4 is 0 Å². The second-order valence-electron chi connectivity index (χ2n) is 4.80. The van der Waals surface area contributed by atoms with E-state index in [1.807, 2.05) is 0 Å². The number of hydrogen-bond donors (Lipinski definition) is 0. The van der Waals surface area contributed by atoms with Crippen LogP contribution in [0.2, 0.25) is 0 Å². The van der Waals surface area contributed by atoms with E-state index >= 15 is 0 Å². The summed E-state index contributed by atoms with van der Waals surface area (Å²) < 4.78 is 5.21. The van der Waals surface area contributed by atoms with Crippen molar-refractivity contribution in [3.05, 3.63) is 12.2 Å². The van der Waals surface area contributed by atoms with Gasteiger partial charge in [-0.3, -0.25) is 4.79 Å². The average molecular weight is 333 g/mol. The molecule has 0 N–H and O–H groups in total. The first-order valence-corrected chi connectivity index (χ1v) is 8.80. The molecule has 0 amide bonds. The zero-order valence-electron chi connectivity index (χ0n) is 12.3. The maximum atomic E-state index is 11.4. The summed E-state index contributed by atoms with van der Waals surface area (Å²) in [4.78, 5) is 11.4. The van der Waals surface area contributed by atoms with Gasteiger partial charge >= 0.3 is 5.97 Å². The fourth-order valence-corrected chi connectivity index (χ4v) is 2.20. The monoisotopic (exact) mass is 332 g/mol. The molecule has 0 aromatic heterocycles. The number of ether oxygens (including phenoxy) is 1. The fourth-order valence-electron chi connectivity index (χ4n) is 1.80. The molecule has 0 saturated carbocycles. The summed E-state index contributed by atoms with van der Waals surface area (Å²) >= 11 is 3.40. The summed E-state index contributed by atoms with van der Waals surface area (Å²) in [6.45, 7) is 2.74. The number of halogens is 1. The van der Waals surface area contributed by atoms with E-state index in [4.69, 9.17) is 4.74 Å². The molecule has 0 heterocycles. The van der Waals surface area contributed by atoms with Gasteiger partial charge in [0.05, 0.1) is 6.61 Å². The molecule has 0 aromatic carbocycles. The van der Waals surface area contributed by atoms with Gasteiger partial charge in [-0.2, -0.15) is 0 Å². The maximum absolute atomic E-state index is 11.4. The van der Waals surface area contributed by atoms with Crippen LogP contribution in [0.4, 0.5) is 0 Å². The molecule has 0 spiro atoms. The summed E-state index contributed by atoms with van der Waals surface area (Å²) in [5.74, 6) is -0.0234. The number of esters is 1. The Morgan fingerprint density at radius 2 is 1.74 bits per heavy atom. The van der Waals surface area contributed by atoms with E-state index in [1.54, 1.807) is 0 Å². The molecule has 0 aliphatic rings. The van der Waals surface area contributed by atoms with Crippen LogP contribution in [0, 0.1) is 0 Å². The maximum Gasteiger partial charge on any atom is 0.305 e. The fraction of sp³-hybridized carbons (Fsp3) is 0.812. The molecule has 0 rings (SSSR count). The lowest BCUT2D eigenvalue weighted by molar-refractivity contribution is -0.143. The van der Waals surface area contributed by atoms with Crippen LogP contribution in [-0.4, -0.2) is 17.9 Å².